The Labute approximate surface area is 109 Å². The average molecular weight is 306 g/mol. The Balaban J connectivity index is 2.71. The molecule has 0 saturated carbocycles. The van der Waals surface area contributed by atoms with E-state index in [4.69, 9.17) is 9.84 Å². The van der Waals surface area contributed by atoms with Gasteiger partial charge >= 0.3 is 0 Å². The van der Waals surface area contributed by atoms with E-state index >= 15 is 0 Å². The van der Waals surface area contributed by atoms with Gasteiger partial charge in [-0.2, -0.15) is 0 Å². The number of aliphatic hydroxyl groups is 1. The first-order valence-corrected chi connectivity index (χ1v) is 6.18. The van der Waals surface area contributed by atoms with Crippen molar-refractivity contribution in [2.45, 2.75) is 19.0 Å². The van der Waals surface area contributed by atoms with E-state index in [1.54, 1.807) is 19.2 Å². The first kappa shape index (κ1) is 14.6. The zero-order chi connectivity index (χ0) is 12.8. The van der Waals surface area contributed by atoms with E-state index in [2.05, 4.69) is 21.2 Å². The van der Waals surface area contributed by atoms with Gasteiger partial charge in [-0.1, -0.05) is 22.0 Å². The van der Waals surface area contributed by atoms with Crippen LogP contribution in [-0.2, 0) is 4.74 Å². The molecule has 1 rings (SSSR count). The third-order valence-corrected chi connectivity index (χ3v) is 3.00. The molecular formula is C12H17BrFNO2. The minimum absolute atomic E-state index is 0.0453. The second-order valence-electron chi connectivity index (χ2n) is 3.89. The van der Waals surface area contributed by atoms with E-state index in [0.717, 1.165) is 0 Å². The van der Waals surface area contributed by atoms with E-state index in [1.807, 2.05) is 6.92 Å². The standard InChI is InChI=1S/C12H17BrFNO2/c1-8(15-10(6-16)7-17-2)11-4-3-9(13)5-12(11)14/h3-5,8,10,15-16H,6-7H2,1-2H3. The fourth-order valence-electron chi connectivity index (χ4n) is 1.65. The van der Waals surface area contributed by atoms with Crippen molar-refractivity contribution >= 4 is 15.9 Å². The van der Waals surface area contributed by atoms with Gasteiger partial charge < -0.3 is 15.2 Å². The Morgan fingerprint density at radius 2 is 2.24 bits per heavy atom. The zero-order valence-corrected chi connectivity index (χ0v) is 11.5. The van der Waals surface area contributed by atoms with E-state index < -0.39 is 0 Å². The lowest BCUT2D eigenvalue weighted by atomic mass is 10.1. The molecule has 0 aliphatic rings. The van der Waals surface area contributed by atoms with Crippen LogP contribution in [-0.4, -0.2) is 31.5 Å². The summed E-state index contributed by atoms with van der Waals surface area (Å²) in [5, 5.41) is 12.2. The van der Waals surface area contributed by atoms with Crippen LogP contribution in [0.4, 0.5) is 4.39 Å². The molecule has 0 saturated heterocycles. The van der Waals surface area contributed by atoms with Crippen LogP contribution in [0.15, 0.2) is 22.7 Å². The van der Waals surface area contributed by atoms with Gasteiger partial charge in [0.15, 0.2) is 0 Å². The van der Waals surface area contributed by atoms with Crippen molar-refractivity contribution < 1.29 is 14.2 Å². The van der Waals surface area contributed by atoms with Crippen LogP contribution in [0.2, 0.25) is 0 Å². The van der Waals surface area contributed by atoms with Gasteiger partial charge in [0.25, 0.3) is 0 Å². The molecule has 3 nitrogen and oxygen atoms in total. The maximum Gasteiger partial charge on any atom is 0.129 e. The molecular weight excluding hydrogens is 289 g/mol. The van der Waals surface area contributed by atoms with Gasteiger partial charge in [-0.3, -0.25) is 0 Å². The lowest BCUT2D eigenvalue weighted by Gasteiger charge is -2.21. The van der Waals surface area contributed by atoms with Gasteiger partial charge in [-0.15, -0.1) is 0 Å². The quantitative estimate of drug-likeness (QED) is 0.847. The summed E-state index contributed by atoms with van der Waals surface area (Å²) >= 11 is 3.21. The van der Waals surface area contributed by atoms with Crippen LogP contribution >= 0.6 is 15.9 Å². The predicted octanol–water partition coefficient (Wildman–Crippen LogP) is 2.25. The number of aliphatic hydroxyl groups excluding tert-OH is 1. The molecule has 0 radical (unpaired) electrons. The van der Waals surface area contributed by atoms with E-state index in [-0.39, 0.29) is 24.5 Å². The smallest absolute Gasteiger partial charge is 0.129 e. The summed E-state index contributed by atoms with van der Waals surface area (Å²) in [6.45, 7) is 2.19. The van der Waals surface area contributed by atoms with Gasteiger partial charge in [-0.25, -0.2) is 4.39 Å². The second kappa shape index (κ2) is 7.06. The Morgan fingerprint density at radius 3 is 2.76 bits per heavy atom. The lowest BCUT2D eigenvalue weighted by molar-refractivity contribution is 0.123. The monoisotopic (exact) mass is 305 g/mol. The van der Waals surface area contributed by atoms with E-state index in [1.165, 1.54) is 6.07 Å². The molecule has 2 atom stereocenters. The molecule has 0 heterocycles. The highest BCUT2D eigenvalue weighted by Crippen LogP contribution is 2.21. The number of rotatable bonds is 6. The van der Waals surface area contributed by atoms with Gasteiger partial charge in [0.05, 0.1) is 19.3 Å². The van der Waals surface area contributed by atoms with Crippen molar-refractivity contribution in [3.8, 4) is 0 Å². The summed E-state index contributed by atoms with van der Waals surface area (Å²) in [6.07, 6.45) is 0. The Hall–Kier alpha value is -0.490. The van der Waals surface area contributed by atoms with Crippen molar-refractivity contribution in [1.82, 2.24) is 5.32 Å². The third kappa shape index (κ3) is 4.35. The summed E-state index contributed by atoms with van der Waals surface area (Å²) in [5.74, 6) is -0.270. The molecule has 0 aliphatic carbocycles. The van der Waals surface area contributed by atoms with Crippen LogP contribution in [0.25, 0.3) is 0 Å². The number of hydrogen-bond donors (Lipinski definition) is 2. The predicted molar refractivity (Wildman–Crippen MR) is 68.4 cm³/mol. The van der Waals surface area contributed by atoms with Crippen molar-refractivity contribution in [3.05, 3.63) is 34.1 Å². The van der Waals surface area contributed by atoms with Gasteiger partial charge in [0.1, 0.15) is 5.82 Å². The highest BCUT2D eigenvalue weighted by Gasteiger charge is 2.15. The number of hydrogen-bond acceptors (Lipinski definition) is 3. The third-order valence-electron chi connectivity index (χ3n) is 2.50. The molecule has 0 bridgehead atoms. The minimum atomic E-state index is -0.270. The van der Waals surface area contributed by atoms with E-state index in [0.29, 0.717) is 16.6 Å². The van der Waals surface area contributed by atoms with Crippen LogP contribution < -0.4 is 5.32 Å². The summed E-state index contributed by atoms with van der Waals surface area (Å²) in [7, 11) is 1.56. The topological polar surface area (TPSA) is 41.5 Å². The number of halogens is 2. The van der Waals surface area contributed by atoms with Gasteiger partial charge in [0.2, 0.25) is 0 Å². The lowest BCUT2D eigenvalue weighted by Crippen LogP contribution is -2.38. The molecule has 0 amide bonds. The number of benzene rings is 1. The first-order chi connectivity index (χ1) is 8.08. The molecule has 0 aliphatic heterocycles. The highest BCUT2D eigenvalue weighted by molar-refractivity contribution is 9.10. The SMILES string of the molecule is COCC(CO)NC(C)c1ccc(Br)cc1F. The normalized spacial score (nSPS) is 14.6. The summed E-state index contributed by atoms with van der Waals surface area (Å²) in [5.41, 5.74) is 0.572. The molecule has 1 aromatic carbocycles. The fraction of sp³-hybridized carbons (Fsp3) is 0.500. The summed E-state index contributed by atoms with van der Waals surface area (Å²) in [4.78, 5) is 0. The largest absolute Gasteiger partial charge is 0.395 e. The Kier molecular flexibility index (Phi) is 6.05. The molecule has 2 unspecified atom stereocenters. The summed E-state index contributed by atoms with van der Waals surface area (Å²) in [6, 6.07) is 4.56. The van der Waals surface area contributed by atoms with Crippen LogP contribution in [0, 0.1) is 5.82 Å². The van der Waals surface area contributed by atoms with Crippen molar-refractivity contribution in [2.24, 2.45) is 0 Å². The number of methoxy groups -OCH3 is 1. The summed E-state index contributed by atoms with van der Waals surface area (Å²) < 4.78 is 19.3. The van der Waals surface area contributed by atoms with Crippen LogP contribution in [0.5, 0.6) is 0 Å². The Bertz CT molecular complexity index is 362. The molecule has 17 heavy (non-hydrogen) atoms. The molecule has 0 spiro atoms. The maximum atomic E-state index is 13.7. The van der Waals surface area contributed by atoms with Gasteiger partial charge in [-0.05, 0) is 19.1 Å². The van der Waals surface area contributed by atoms with Gasteiger partial charge in [0, 0.05) is 23.2 Å². The number of nitrogens with one attached hydrogen (secondary N) is 1. The van der Waals surface area contributed by atoms with Crippen molar-refractivity contribution in [1.29, 1.82) is 0 Å². The molecule has 5 heteroatoms. The average Bonchev–Trinajstić information content (AvgIpc) is 2.28. The molecule has 2 N–H and O–H groups in total. The highest BCUT2D eigenvalue weighted by atomic mass is 79.9. The van der Waals surface area contributed by atoms with E-state index in [9.17, 15) is 4.39 Å². The van der Waals surface area contributed by atoms with Crippen LogP contribution in [0.3, 0.4) is 0 Å². The first-order valence-electron chi connectivity index (χ1n) is 5.39. The molecule has 0 fully saturated rings. The van der Waals surface area contributed by atoms with Crippen LogP contribution in [0.1, 0.15) is 18.5 Å². The molecule has 96 valence electrons. The zero-order valence-electron chi connectivity index (χ0n) is 9.91. The number of ether oxygens (including phenoxy) is 1. The molecule has 1 aromatic rings. The molecule has 0 aromatic heterocycles. The minimum Gasteiger partial charge on any atom is -0.395 e. The van der Waals surface area contributed by atoms with Crippen molar-refractivity contribution in [3.63, 3.8) is 0 Å². The fourth-order valence-corrected chi connectivity index (χ4v) is 1.98. The van der Waals surface area contributed by atoms with Crippen molar-refractivity contribution in [2.75, 3.05) is 20.3 Å². The second-order valence-corrected chi connectivity index (χ2v) is 4.80. The Morgan fingerprint density at radius 1 is 1.53 bits per heavy atom. The maximum absolute atomic E-state index is 13.7.